The fourth-order valence-corrected chi connectivity index (χ4v) is 3.27. The van der Waals surface area contributed by atoms with Gasteiger partial charge < -0.3 is 10.2 Å². The summed E-state index contributed by atoms with van der Waals surface area (Å²) in [7, 11) is 2.19. The third-order valence-corrected chi connectivity index (χ3v) is 4.51. The second-order valence-electron chi connectivity index (χ2n) is 8.17. The van der Waals surface area contributed by atoms with Gasteiger partial charge in [-0.3, -0.25) is 9.69 Å². The van der Waals surface area contributed by atoms with Crippen molar-refractivity contribution in [1.29, 1.82) is 0 Å². The predicted molar refractivity (Wildman–Crippen MR) is 100.0 cm³/mol. The summed E-state index contributed by atoms with van der Waals surface area (Å²) in [4.78, 5) is 16.9. The number of nitrogens with zero attached hydrogens (tertiary/aromatic N) is 2. The summed E-state index contributed by atoms with van der Waals surface area (Å²) in [5.74, 6) is 0.167. The van der Waals surface area contributed by atoms with Gasteiger partial charge in [0.2, 0.25) is 5.91 Å². The third kappa shape index (κ3) is 6.25. The van der Waals surface area contributed by atoms with Gasteiger partial charge in [0.05, 0.1) is 0 Å². The summed E-state index contributed by atoms with van der Waals surface area (Å²) in [6.45, 7) is 11.4. The van der Waals surface area contributed by atoms with Gasteiger partial charge in [-0.15, -0.1) is 0 Å². The highest BCUT2D eigenvalue weighted by Gasteiger charge is 2.26. The standard InChI is InChI=1S/C20H33N3O/c1-20(2,3)15-19(24)21-11-8-12-23-14-13-22(4)16-18(23)17-9-6-5-7-10-17/h5-7,9-10,18H,8,11-16H2,1-4H3,(H,21,24)/t18-/m1/s1. The average molecular weight is 332 g/mol. The minimum Gasteiger partial charge on any atom is -0.356 e. The molecule has 1 fully saturated rings. The number of hydrogen-bond acceptors (Lipinski definition) is 3. The highest BCUT2D eigenvalue weighted by molar-refractivity contribution is 5.76. The van der Waals surface area contributed by atoms with Crippen LogP contribution in [0.4, 0.5) is 0 Å². The van der Waals surface area contributed by atoms with E-state index in [0.717, 1.165) is 39.1 Å². The van der Waals surface area contributed by atoms with E-state index in [1.807, 2.05) is 0 Å². The average Bonchev–Trinajstić information content (AvgIpc) is 2.52. The molecule has 134 valence electrons. The van der Waals surface area contributed by atoms with Gasteiger partial charge in [0.25, 0.3) is 0 Å². The number of piperazine rings is 1. The molecule has 1 aromatic rings. The highest BCUT2D eigenvalue weighted by atomic mass is 16.1. The summed E-state index contributed by atoms with van der Waals surface area (Å²) >= 11 is 0. The van der Waals surface area contributed by atoms with Crippen LogP contribution >= 0.6 is 0 Å². The minimum atomic E-state index is 0.0555. The van der Waals surface area contributed by atoms with E-state index in [4.69, 9.17) is 0 Å². The molecule has 24 heavy (non-hydrogen) atoms. The maximum absolute atomic E-state index is 11.9. The Morgan fingerprint density at radius 3 is 2.58 bits per heavy atom. The van der Waals surface area contributed by atoms with Crippen molar-refractivity contribution in [2.45, 2.75) is 39.7 Å². The van der Waals surface area contributed by atoms with Crippen LogP contribution in [0.5, 0.6) is 0 Å². The topological polar surface area (TPSA) is 35.6 Å². The molecule has 0 aromatic heterocycles. The van der Waals surface area contributed by atoms with Gasteiger partial charge >= 0.3 is 0 Å². The van der Waals surface area contributed by atoms with Crippen molar-refractivity contribution in [2.75, 3.05) is 39.8 Å². The summed E-state index contributed by atoms with van der Waals surface area (Å²) < 4.78 is 0. The largest absolute Gasteiger partial charge is 0.356 e. The van der Waals surface area contributed by atoms with Crippen molar-refractivity contribution in [3.63, 3.8) is 0 Å². The van der Waals surface area contributed by atoms with Gasteiger partial charge in [-0.25, -0.2) is 0 Å². The van der Waals surface area contributed by atoms with Crippen LogP contribution in [0.15, 0.2) is 30.3 Å². The van der Waals surface area contributed by atoms with Gasteiger partial charge in [0, 0.05) is 45.2 Å². The lowest BCUT2D eigenvalue weighted by Gasteiger charge is -2.40. The number of likely N-dealkylation sites (N-methyl/N-ethyl adjacent to an activating group) is 1. The molecule has 0 unspecified atom stereocenters. The lowest BCUT2D eigenvalue weighted by molar-refractivity contribution is -0.122. The summed E-state index contributed by atoms with van der Waals surface area (Å²) in [6, 6.07) is 11.2. The Morgan fingerprint density at radius 2 is 1.92 bits per heavy atom. The van der Waals surface area contributed by atoms with Crippen molar-refractivity contribution in [1.82, 2.24) is 15.1 Å². The summed E-state index contributed by atoms with van der Waals surface area (Å²) in [6.07, 6.45) is 1.59. The molecule has 1 heterocycles. The number of rotatable bonds is 6. The molecule has 1 aliphatic heterocycles. The van der Waals surface area contributed by atoms with Crippen LogP contribution in [0.2, 0.25) is 0 Å². The van der Waals surface area contributed by atoms with Crippen molar-refractivity contribution < 1.29 is 4.79 Å². The molecule has 1 N–H and O–H groups in total. The smallest absolute Gasteiger partial charge is 0.220 e. The normalized spacial score (nSPS) is 20.1. The number of benzene rings is 1. The van der Waals surface area contributed by atoms with Gasteiger partial charge in [-0.05, 0) is 24.4 Å². The van der Waals surface area contributed by atoms with E-state index in [2.05, 4.69) is 73.3 Å². The molecular formula is C20H33N3O. The van der Waals surface area contributed by atoms with Crippen LogP contribution in [-0.2, 0) is 4.79 Å². The van der Waals surface area contributed by atoms with E-state index in [-0.39, 0.29) is 11.3 Å². The first-order chi connectivity index (χ1) is 11.3. The Morgan fingerprint density at radius 1 is 1.21 bits per heavy atom. The lowest BCUT2D eigenvalue weighted by atomic mass is 9.92. The Bertz CT molecular complexity index is 509. The molecule has 4 heteroatoms. The molecule has 0 spiro atoms. The molecule has 1 aliphatic rings. The van der Waals surface area contributed by atoms with Gasteiger partial charge in [-0.1, -0.05) is 51.1 Å². The third-order valence-electron chi connectivity index (χ3n) is 4.51. The van der Waals surface area contributed by atoms with Crippen LogP contribution in [0, 0.1) is 5.41 Å². The van der Waals surface area contributed by atoms with Gasteiger partial charge in [0.1, 0.15) is 0 Å². The first-order valence-corrected chi connectivity index (χ1v) is 9.09. The van der Waals surface area contributed by atoms with Crippen LogP contribution in [0.1, 0.15) is 45.2 Å². The number of carbonyl (C=O) groups excluding carboxylic acids is 1. The molecule has 1 atom stereocenters. The number of hydrogen-bond donors (Lipinski definition) is 1. The molecule has 4 nitrogen and oxygen atoms in total. The Hall–Kier alpha value is -1.39. The molecule has 1 aromatic carbocycles. The van der Waals surface area contributed by atoms with E-state index in [0.29, 0.717) is 12.5 Å². The Labute approximate surface area is 147 Å². The first-order valence-electron chi connectivity index (χ1n) is 9.09. The molecule has 0 aliphatic carbocycles. The summed E-state index contributed by atoms with van der Waals surface area (Å²) in [5, 5.41) is 3.07. The molecule has 0 bridgehead atoms. The van der Waals surface area contributed by atoms with Crippen molar-refractivity contribution in [3.8, 4) is 0 Å². The lowest BCUT2D eigenvalue weighted by Crippen LogP contribution is -2.47. The van der Waals surface area contributed by atoms with E-state index in [1.54, 1.807) is 0 Å². The molecule has 1 amide bonds. The molecule has 1 saturated heterocycles. The van der Waals surface area contributed by atoms with E-state index >= 15 is 0 Å². The quantitative estimate of drug-likeness (QED) is 0.814. The predicted octanol–water partition coefficient (Wildman–Crippen LogP) is 2.92. The molecule has 0 radical (unpaired) electrons. The zero-order chi connectivity index (χ0) is 17.6. The Kier molecular flexibility index (Phi) is 6.81. The molecule has 0 saturated carbocycles. The van der Waals surface area contributed by atoms with E-state index in [1.165, 1.54) is 5.56 Å². The van der Waals surface area contributed by atoms with E-state index in [9.17, 15) is 4.79 Å². The fraction of sp³-hybridized carbons (Fsp3) is 0.650. The second kappa shape index (κ2) is 8.63. The van der Waals surface area contributed by atoms with Crippen molar-refractivity contribution in [2.24, 2.45) is 5.41 Å². The first kappa shape index (κ1) is 18.9. The monoisotopic (exact) mass is 331 g/mol. The maximum atomic E-state index is 11.9. The number of carbonyl (C=O) groups is 1. The summed E-state index contributed by atoms with van der Waals surface area (Å²) in [5.41, 5.74) is 1.45. The van der Waals surface area contributed by atoms with Crippen molar-refractivity contribution in [3.05, 3.63) is 35.9 Å². The van der Waals surface area contributed by atoms with Crippen LogP contribution in [0.3, 0.4) is 0 Å². The molecular weight excluding hydrogens is 298 g/mol. The van der Waals surface area contributed by atoms with Gasteiger partial charge in [-0.2, -0.15) is 0 Å². The van der Waals surface area contributed by atoms with Gasteiger partial charge in [0.15, 0.2) is 0 Å². The van der Waals surface area contributed by atoms with Crippen LogP contribution in [0.25, 0.3) is 0 Å². The van der Waals surface area contributed by atoms with E-state index < -0.39 is 0 Å². The van der Waals surface area contributed by atoms with Crippen molar-refractivity contribution >= 4 is 5.91 Å². The second-order valence-corrected chi connectivity index (χ2v) is 8.17. The van der Waals surface area contributed by atoms with Crippen LogP contribution in [-0.4, -0.2) is 55.5 Å². The van der Waals surface area contributed by atoms with Crippen LogP contribution < -0.4 is 5.32 Å². The SMILES string of the molecule is CN1CCN(CCCNC(=O)CC(C)(C)C)[C@@H](c2ccccc2)C1. The highest BCUT2D eigenvalue weighted by Crippen LogP contribution is 2.24. The molecule has 2 rings (SSSR count). The maximum Gasteiger partial charge on any atom is 0.220 e. The number of nitrogens with one attached hydrogen (secondary N) is 1. The minimum absolute atomic E-state index is 0.0555. The zero-order valence-corrected chi connectivity index (χ0v) is 15.7. The number of amides is 1. The fourth-order valence-electron chi connectivity index (χ4n) is 3.27. The Balaban J connectivity index is 1.81. The zero-order valence-electron chi connectivity index (χ0n) is 15.7.